The summed E-state index contributed by atoms with van der Waals surface area (Å²) >= 11 is 0. The molecule has 1 aliphatic rings. The molecule has 0 radical (unpaired) electrons. The van der Waals surface area contributed by atoms with Gasteiger partial charge in [-0.05, 0) is 37.1 Å². The van der Waals surface area contributed by atoms with Crippen molar-refractivity contribution < 1.29 is 5.11 Å². The van der Waals surface area contributed by atoms with Crippen molar-refractivity contribution in [3.8, 4) is 11.4 Å². The lowest BCUT2D eigenvalue weighted by Gasteiger charge is -2.30. The van der Waals surface area contributed by atoms with Gasteiger partial charge < -0.3 is 15.7 Å². The lowest BCUT2D eigenvalue weighted by Crippen LogP contribution is -2.39. The summed E-state index contributed by atoms with van der Waals surface area (Å²) in [7, 11) is 0. The third-order valence-electron chi connectivity index (χ3n) is 3.59. The summed E-state index contributed by atoms with van der Waals surface area (Å²) in [5.74, 6) is 0.265. The van der Waals surface area contributed by atoms with Gasteiger partial charge in [-0.2, -0.15) is 5.10 Å². The largest absolute Gasteiger partial charge is 0.508 e. The highest BCUT2D eigenvalue weighted by molar-refractivity contribution is 5.46. The summed E-state index contributed by atoms with van der Waals surface area (Å²) in [6.45, 7) is 1.98. The Morgan fingerprint density at radius 2 is 1.79 bits per heavy atom. The van der Waals surface area contributed by atoms with Gasteiger partial charge in [-0.15, -0.1) is 0 Å². The molecule has 5 heteroatoms. The van der Waals surface area contributed by atoms with Gasteiger partial charge in [0.2, 0.25) is 0 Å². The molecule has 0 amide bonds. The van der Waals surface area contributed by atoms with E-state index in [2.05, 4.69) is 10.00 Å². The van der Waals surface area contributed by atoms with Gasteiger partial charge in [0.1, 0.15) is 5.75 Å². The first kappa shape index (κ1) is 12.0. The highest BCUT2D eigenvalue weighted by Gasteiger charge is 2.17. The average Bonchev–Trinajstić information content (AvgIpc) is 2.90. The fourth-order valence-corrected chi connectivity index (χ4v) is 2.38. The summed E-state index contributed by atoms with van der Waals surface area (Å²) in [5.41, 5.74) is 7.98. The Morgan fingerprint density at radius 3 is 2.47 bits per heavy atom. The molecule has 0 spiro atoms. The standard InChI is InChI=1S/C14H18N4O/c15-11-5-7-17(8-6-11)13-9-16-18(10-13)12-1-3-14(19)4-2-12/h1-4,9-11,19H,5-8,15H2. The number of rotatable bonds is 2. The molecule has 0 aliphatic carbocycles. The molecule has 2 aromatic rings. The summed E-state index contributed by atoms with van der Waals surface area (Å²) in [6, 6.07) is 7.35. The van der Waals surface area contributed by atoms with E-state index >= 15 is 0 Å². The van der Waals surface area contributed by atoms with Crippen LogP contribution in [-0.4, -0.2) is 34.0 Å². The summed E-state index contributed by atoms with van der Waals surface area (Å²) < 4.78 is 1.82. The Bertz CT molecular complexity index is 541. The summed E-state index contributed by atoms with van der Waals surface area (Å²) in [6.07, 6.45) is 5.96. The van der Waals surface area contributed by atoms with Gasteiger partial charge >= 0.3 is 0 Å². The van der Waals surface area contributed by atoms with Gasteiger partial charge in [0.25, 0.3) is 0 Å². The molecule has 0 bridgehead atoms. The lowest BCUT2D eigenvalue weighted by molar-refractivity contribution is 0.475. The van der Waals surface area contributed by atoms with Crippen molar-refractivity contribution in [1.29, 1.82) is 0 Å². The fourth-order valence-electron chi connectivity index (χ4n) is 2.38. The zero-order chi connectivity index (χ0) is 13.2. The highest BCUT2D eigenvalue weighted by atomic mass is 16.3. The molecule has 1 aromatic carbocycles. The molecule has 0 unspecified atom stereocenters. The predicted octanol–water partition coefficient (Wildman–Crippen LogP) is 1.51. The summed E-state index contributed by atoms with van der Waals surface area (Å²) in [4.78, 5) is 2.31. The maximum Gasteiger partial charge on any atom is 0.115 e. The van der Waals surface area contributed by atoms with E-state index in [-0.39, 0.29) is 5.75 Å². The molecule has 1 aliphatic heterocycles. The third-order valence-corrected chi connectivity index (χ3v) is 3.59. The van der Waals surface area contributed by atoms with E-state index < -0.39 is 0 Å². The lowest BCUT2D eigenvalue weighted by atomic mass is 10.1. The zero-order valence-corrected chi connectivity index (χ0v) is 10.7. The Kier molecular flexibility index (Phi) is 3.13. The molecule has 2 heterocycles. The molecule has 3 N–H and O–H groups in total. The number of piperidine rings is 1. The van der Waals surface area contributed by atoms with Crippen molar-refractivity contribution in [1.82, 2.24) is 9.78 Å². The van der Waals surface area contributed by atoms with Crippen LogP contribution in [0.2, 0.25) is 0 Å². The number of phenols is 1. The molecule has 0 atom stereocenters. The van der Waals surface area contributed by atoms with Crippen LogP contribution in [0.25, 0.3) is 5.69 Å². The van der Waals surface area contributed by atoms with Crippen LogP contribution in [0, 0.1) is 0 Å². The number of nitrogens with zero attached hydrogens (tertiary/aromatic N) is 3. The molecule has 19 heavy (non-hydrogen) atoms. The zero-order valence-electron chi connectivity index (χ0n) is 10.7. The summed E-state index contributed by atoms with van der Waals surface area (Å²) in [5, 5.41) is 13.7. The molecule has 5 nitrogen and oxygen atoms in total. The van der Waals surface area contributed by atoms with Crippen molar-refractivity contribution in [2.75, 3.05) is 18.0 Å². The van der Waals surface area contributed by atoms with Crippen LogP contribution in [0.3, 0.4) is 0 Å². The van der Waals surface area contributed by atoms with Crippen molar-refractivity contribution in [3.63, 3.8) is 0 Å². The molecule has 100 valence electrons. The first-order valence-corrected chi connectivity index (χ1v) is 6.57. The minimum atomic E-state index is 0.265. The van der Waals surface area contributed by atoms with Crippen LogP contribution in [0.4, 0.5) is 5.69 Å². The van der Waals surface area contributed by atoms with Gasteiger partial charge in [-0.25, -0.2) is 4.68 Å². The van der Waals surface area contributed by atoms with Crippen LogP contribution in [-0.2, 0) is 0 Å². The van der Waals surface area contributed by atoms with Crippen LogP contribution in [0.15, 0.2) is 36.7 Å². The molecule has 1 aromatic heterocycles. The maximum atomic E-state index is 9.29. The SMILES string of the molecule is NC1CCN(c2cnn(-c3ccc(O)cc3)c2)CC1. The second-order valence-electron chi connectivity index (χ2n) is 4.98. The van der Waals surface area contributed by atoms with E-state index in [0.717, 1.165) is 37.3 Å². The second kappa shape index (κ2) is 4.93. The molecule has 3 rings (SSSR count). The second-order valence-corrected chi connectivity index (χ2v) is 4.98. The van der Waals surface area contributed by atoms with Gasteiger partial charge in [0.15, 0.2) is 0 Å². The first-order chi connectivity index (χ1) is 9.22. The quantitative estimate of drug-likeness (QED) is 0.856. The number of anilines is 1. The number of hydrogen-bond acceptors (Lipinski definition) is 4. The topological polar surface area (TPSA) is 67.3 Å². The van der Waals surface area contributed by atoms with Crippen molar-refractivity contribution in [2.24, 2.45) is 5.73 Å². The fraction of sp³-hybridized carbons (Fsp3) is 0.357. The predicted molar refractivity (Wildman–Crippen MR) is 74.7 cm³/mol. The van der Waals surface area contributed by atoms with Gasteiger partial charge in [-0.3, -0.25) is 0 Å². The smallest absolute Gasteiger partial charge is 0.115 e. The van der Waals surface area contributed by atoms with Crippen LogP contribution in [0.1, 0.15) is 12.8 Å². The number of nitrogens with two attached hydrogens (primary N) is 1. The Hall–Kier alpha value is -2.01. The Balaban J connectivity index is 1.77. The van der Waals surface area contributed by atoms with Crippen LogP contribution in [0.5, 0.6) is 5.75 Å². The van der Waals surface area contributed by atoms with E-state index in [1.165, 1.54) is 0 Å². The van der Waals surface area contributed by atoms with Crippen molar-refractivity contribution >= 4 is 5.69 Å². The average molecular weight is 258 g/mol. The highest BCUT2D eigenvalue weighted by Crippen LogP contribution is 2.21. The van der Waals surface area contributed by atoms with Crippen molar-refractivity contribution in [2.45, 2.75) is 18.9 Å². The van der Waals surface area contributed by atoms with Gasteiger partial charge in [0.05, 0.1) is 23.8 Å². The van der Waals surface area contributed by atoms with E-state index in [0.29, 0.717) is 6.04 Å². The number of benzene rings is 1. The van der Waals surface area contributed by atoms with E-state index in [4.69, 9.17) is 5.73 Å². The first-order valence-electron chi connectivity index (χ1n) is 6.57. The Morgan fingerprint density at radius 1 is 1.11 bits per heavy atom. The third kappa shape index (κ3) is 2.56. The molecular weight excluding hydrogens is 240 g/mol. The van der Waals surface area contributed by atoms with E-state index in [9.17, 15) is 5.11 Å². The number of aromatic nitrogens is 2. The van der Waals surface area contributed by atoms with E-state index in [1.807, 2.05) is 29.2 Å². The van der Waals surface area contributed by atoms with Crippen molar-refractivity contribution in [3.05, 3.63) is 36.7 Å². The van der Waals surface area contributed by atoms with E-state index in [1.54, 1.807) is 12.1 Å². The molecule has 1 fully saturated rings. The molecule has 1 saturated heterocycles. The normalized spacial score (nSPS) is 16.8. The molecule has 0 saturated carbocycles. The van der Waals surface area contributed by atoms with Crippen LogP contribution < -0.4 is 10.6 Å². The minimum absolute atomic E-state index is 0.265. The number of phenolic OH excluding ortho intramolecular Hbond substituents is 1. The maximum absolute atomic E-state index is 9.29. The minimum Gasteiger partial charge on any atom is -0.508 e. The van der Waals surface area contributed by atoms with Gasteiger partial charge in [-0.1, -0.05) is 0 Å². The Labute approximate surface area is 112 Å². The number of aromatic hydroxyl groups is 1. The monoisotopic (exact) mass is 258 g/mol. The molecular formula is C14H18N4O. The van der Waals surface area contributed by atoms with Gasteiger partial charge in [0, 0.05) is 19.1 Å². The van der Waals surface area contributed by atoms with Crippen LogP contribution >= 0.6 is 0 Å². The number of hydrogen-bond donors (Lipinski definition) is 2.